The number of aryl methyl sites for hydroxylation is 1. The van der Waals surface area contributed by atoms with E-state index in [1.165, 1.54) is 24.3 Å². The number of sulfone groups is 1. The van der Waals surface area contributed by atoms with E-state index < -0.39 is 15.8 Å². The van der Waals surface area contributed by atoms with Gasteiger partial charge in [0.05, 0.1) is 10.5 Å². The molecule has 2 aromatic carbocycles. The van der Waals surface area contributed by atoms with Crippen LogP contribution in [-0.4, -0.2) is 20.6 Å². The Morgan fingerprint density at radius 3 is 2.24 bits per heavy atom. The Labute approximate surface area is 124 Å². The van der Waals surface area contributed by atoms with Gasteiger partial charge in [0.2, 0.25) is 0 Å². The van der Waals surface area contributed by atoms with Gasteiger partial charge >= 0.3 is 5.97 Å². The van der Waals surface area contributed by atoms with E-state index in [9.17, 15) is 13.2 Å². The van der Waals surface area contributed by atoms with Crippen molar-refractivity contribution in [3.8, 4) is 5.75 Å². The normalized spacial score (nSPS) is 11.1. The molecule has 0 amide bonds. The lowest BCUT2D eigenvalue weighted by molar-refractivity contribution is 0.0733. The molecule has 2 aromatic rings. The maximum Gasteiger partial charge on any atom is 0.343 e. The second-order valence-electron chi connectivity index (χ2n) is 4.64. The van der Waals surface area contributed by atoms with E-state index in [1.807, 2.05) is 19.1 Å². The monoisotopic (exact) mass is 304 g/mol. The van der Waals surface area contributed by atoms with Crippen molar-refractivity contribution in [3.05, 3.63) is 59.7 Å². The zero-order valence-electron chi connectivity index (χ0n) is 11.9. The van der Waals surface area contributed by atoms with Crippen molar-refractivity contribution < 1.29 is 17.9 Å². The molecule has 0 atom stereocenters. The lowest BCUT2D eigenvalue weighted by Crippen LogP contribution is -2.11. The molecule has 0 N–H and O–H groups in total. The smallest absolute Gasteiger partial charge is 0.343 e. The molecule has 0 bridgehead atoms. The van der Waals surface area contributed by atoms with Crippen LogP contribution < -0.4 is 4.74 Å². The maximum absolute atomic E-state index is 12.1. The molecular formula is C16H16O4S. The van der Waals surface area contributed by atoms with E-state index in [1.54, 1.807) is 12.1 Å². The Balaban J connectivity index is 2.20. The standard InChI is InChI=1S/C16H16O4S/c1-3-12-6-4-5-7-15(12)16(17)20-13-8-10-14(11-9-13)21(2,18)19/h4-11H,3H2,1-2H3. The van der Waals surface area contributed by atoms with Crippen molar-refractivity contribution in [2.75, 3.05) is 6.26 Å². The first-order valence-corrected chi connectivity index (χ1v) is 8.41. The van der Waals surface area contributed by atoms with Crippen molar-refractivity contribution in [1.29, 1.82) is 0 Å². The molecule has 0 radical (unpaired) electrons. The van der Waals surface area contributed by atoms with Gasteiger partial charge in [-0.3, -0.25) is 0 Å². The predicted molar refractivity (Wildman–Crippen MR) is 80.3 cm³/mol. The van der Waals surface area contributed by atoms with Crippen LogP contribution in [-0.2, 0) is 16.3 Å². The van der Waals surface area contributed by atoms with Crippen LogP contribution in [0.25, 0.3) is 0 Å². The van der Waals surface area contributed by atoms with Crippen molar-refractivity contribution in [1.82, 2.24) is 0 Å². The van der Waals surface area contributed by atoms with Gasteiger partial charge in [0.1, 0.15) is 5.75 Å². The number of carbonyl (C=O) groups is 1. The first-order valence-electron chi connectivity index (χ1n) is 6.52. The van der Waals surface area contributed by atoms with Crippen molar-refractivity contribution in [2.45, 2.75) is 18.2 Å². The summed E-state index contributed by atoms with van der Waals surface area (Å²) in [7, 11) is -3.25. The van der Waals surface area contributed by atoms with Gasteiger partial charge in [-0.1, -0.05) is 25.1 Å². The summed E-state index contributed by atoms with van der Waals surface area (Å²) in [6.45, 7) is 1.97. The van der Waals surface area contributed by atoms with Crippen LogP contribution in [0.1, 0.15) is 22.8 Å². The highest BCUT2D eigenvalue weighted by atomic mass is 32.2. The van der Waals surface area contributed by atoms with Gasteiger partial charge in [-0.05, 0) is 42.3 Å². The molecule has 0 aliphatic heterocycles. The van der Waals surface area contributed by atoms with E-state index in [0.29, 0.717) is 11.3 Å². The highest BCUT2D eigenvalue weighted by Crippen LogP contribution is 2.18. The van der Waals surface area contributed by atoms with Gasteiger partial charge in [0.15, 0.2) is 9.84 Å². The first kappa shape index (κ1) is 15.3. The molecule has 0 fully saturated rings. The molecule has 0 aromatic heterocycles. The summed E-state index contributed by atoms with van der Waals surface area (Å²) in [4.78, 5) is 12.3. The van der Waals surface area contributed by atoms with Crippen LogP contribution in [0, 0.1) is 0 Å². The molecule has 0 unspecified atom stereocenters. The fraction of sp³-hybridized carbons (Fsp3) is 0.188. The molecule has 4 nitrogen and oxygen atoms in total. The van der Waals surface area contributed by atoms with Gasteiger partial charge in [-0.15, -0.1) is 0 Å². The average molecular weight is 304 g/mol. The number of carbonyl (C=O) groups excluding carboxylic acids is 1. The lowest BCUT2D eigenvalue weighted by Gasteiger charge is -2.08. The lowest BCUT2D eigenvalue weighted by atomic mass is 10.1. The molecule has 5 heteroatoms. The van der Waals surface area contributed by atoms with E-state index in [-0.39, 0.29) is 4.90 Å². The fourth-order valence-corrected chi connectivity index (χ4v) is 2.58. The summed E-state index contributed by atoms with van der Waals surface area (Å²) in [5.74, 6) is -0.127. The van der Waals surface area contributed by atoms with Crippen LogP contribution in [0.2, 0.25) is 0 Å². The van der Waals surface area contributed by atoms with E-state index >= 15 is 0 Å². The molecule has 0 spiro atoms. The summed E-state index contributed by atoms with van der Waals surface area (Å²) < 4.78 is 28.0. The highest BCUT2D eigenvalue weighted by Gasteiger charge is 2.13. The summed E-state index contributed by atoms with van der Waals surface area (Å²) in [6.07, 6.45) is 1.86. The fourth-order valence-electron chi connectivity index (χ4n) is 1.94. The van der Waals surface area contributed by atoms with E-state index in [2.05, 4.69) is 0 Å². The van der Waals surface area contributed by atoms with Crippen LogP contribution >= 0.6 is 0 Å². The van der Waals surface area contributed by atoms with Crippen LogP contribution in [0.5, 0.6) is 5.75 Å². The minimum atomic E-state index is -3.25. The van der Waals surface area contributed by atoms with Crippen LogP contribution in [0.4, 0.5) is 0 Å². The SMILES string of the molecule is CCc1ccccc1C(=O)Oc1ccc(S(C)(=O)=O)cc1. The number of ether oxygens (including phenoxy) is 1. The predicted octanol–water partition coefficient (Wildman–Crippen LogP) is 2.87. The molecule has 0 saturated carbocycles. The van der Waals surface area contributed by atoms with Crippen molar-refractivity contribution in [3.63, 3.8) is 0 Å². The van der Waals surface area contributed by atoms with Gasteiger partial charge in [-0.2, -0.15) is 0 Å². The van der Waals surface area contributed by atoms with Gasteiger partial charge in [0, 0.05) is 6.26 Å². The number of benzene rings is 2. The number of esters is 1. The molecule has 0 saturated heterocycles. The minimum Gasteiger partial charge on any atom is -0.423 e. The zero-order valence-corrected chi connectivity index (χ0v) is 12.7. The molecule has 110 valence electrons. The summed E-state index contributed by atoms with van der Waals surface area (Å²) in [5.41, 5.74) is 1.43. The van der Waals surface area contributed by atoms with Gasteiger partial charge in [-0.25, -0.2) is 13.2 Å². The quantitative estimate of drug-likeness (QED) is 0.643. The summed E-state index contributed by atoms with van der Waals surface area (Å²) in [5, 5.41) is 0. The maximum atomic E-state index is 12.1. The second kappa shape index (κ2) is 6.10. The summed E-state index contributed by atoms with van der Waals surface area (Å²) in [6, 6.07) is 13.0. The van der Waals surface area contributed by atoms with Crippen LogP contribution in [0.3, 0.4) is 0 Å². The first-order chi connectivity index (χ1) is 9.91. The van der Waals surface area contributed by atoms with Crippen LogP contribution in [0.15, 0.2) is 53.4 Å². The third-order valence-corrected chi connectivity index (χ3v) is 4.21. The Hall–Kier alpha value is -2.14. The highest BCUT2D eigenvalue weighted by molar-refractivity contribution is 7.90. The van der Waals surface area contributed by atoms with Gasteiger partial charge in [0.25, 0.3) is 0 Å². The number of hydrogen-bond acceptors (Lipinski definition) is 4. The third kappa shape index (κ3) is 3.70. The summed E-state index contributed by atoms with van der Waals surface area (Å²) >= 11 is 0. The van der Waals surface area contributed by atoms with Crippen molar-refractivity contribution in [2.24, 2.45) is 0 Å². The average Bonchev–Trinajstić information content (AvgIpc) is 2.46. The number of hydrogen-bond donors (Lipinski definition) is 0. The molecule has 21 heavy (non-hydrogen) atoms. The molecule has 0 aliphatic rings. The zero-order chi connectivity index (χ0) is 15.5. The second-order valence-corrected chi connectivity index (χ2v) is 6.66. The van der Waals surface area contributed by atoms with E-state index in [4.69, 9.17) is 4.74 Å². The number of rotatable bonds is 4. The molecule has 0 aliphatic carbocycles. The Morgan fingerprint density at radius 1 is 1.05 bits per heavy atom. The molecule has 2 rings (SSSR count). The molecule has 0 heterocycles. The Bertz CT molecular complexity index is 746. The van der Waals surface area contributed by atoms with E-state index in [0.717, 1.165) is 18.2 Å². The largest absolute Gasteiger partial charge is 0.423 e. The third-order valence-electron chi connectivity index (χ3n) is 3.08. The van der Waals surface area contributed by atoms with Gasteiger partial charge < -0.3 is 4.74 Å². The molecular weight excluding hydrogens is 288 g/mol. The Kier molecular flexibility index (Phi) is 4.43. The minimum absolute atomic E-state index is 0.191. The topological polar surface area (TPSA) is 60.4 Å². The Morgan fingerprint density at radius 2 is 1.67 bits per heavy atom. The van der Waals surface area contributed by atoms with Crippen molar-refractivity contribution >= 4 is 15.8 Å².